The number of aliphatic hydroxyl groups is 3. The Morgan fingerprint density at radius 3 is 1.28 bits per heavy atom. The van der Waals surface area contributed by atoms with Crippen LogP contribution in [0.5, 0.6) is 0 Å². The van der Waals surface area contributed by atoms with Gasteiger partial charge in [-0.15, -0.1) is 0 Å². The van der Waals surface area contributed by atoms with E-state index in [4.69, 9.17) is 0 Å². The molecule has 0 saturated carbocycles. The molecular weight excluding hydrogens is 570 g/mol. The molecule has 0 fully saturated rings. The SMILES string of the molecule is CCCCCC/C=C\CCCCCCCCCC(=O)NC(CO)C(O)C(O)CCCCCCCCCCCCCCCCCCC. The van der Waals surface area contributed by atoms with Crippen molar-refractivity contribution in [2.75, 3.05) is 6.61 Å². The molecule has 5 nitrogen and oxygen atoms in total. The van der Waals surface area contributed by atoms with Crippen LogP contribution >= 0.6 is 0 Å². The molecule has 4 N–H and O–H groups in total. The van der Waals surface area contributed by atoms with Crippen molar-refractivity contribution in [3.63, 3.8) is 0 Å². The molecule has 0 bridgehead atoms. The normalized spacial score (nSPS) is 13.8. The highest BCUT2D eigenvalue weighted by Gasteiger charge is 2.26. The van der Waals surface area contributed by atoms with Crippen LogP contribution in [0.4, 0.5) is 0 Å². The second-order valence-electron chi connectivity index (χ2n) is 14.2. The van der Waals surface area contributed by atoms with E-state index < -0.39 is 18.2 Å². The zero-order valence-electron chi connectivity index (χ0n) is 31.0. The molecule has 0 aromatic rings. The average Bonchev–Trinajstić information content (AvgIpc) is 3.06. The monoisotopic (exact) mass is 652 g/mol. The molecule has 5 heteroatoms. The molecule has 0 aliphatic heterocycles. The van der Waals surface area contributed by atoms with E-state index in [2.05, 4.69) is 31.3 Å². The number of carbonyl (C=O) groups excluding carboxylic acids is 1. The number of hydrogen-bond donors (Lipinski definition) is 4. The minimum Gasteiger partial charge on any atom is -0.394 e. The Labute approximate surface area is 287 Å². The Kier molecular flexibility index (Phi) is 36.2. The highest BCUT2D eigenvalue weighted by atomic mass is 16.3. The second-order valence-corrected chi connectivity index (χ2v) is 14.2. The predicted molar refractivity (Wildman–Crippen MR) is 199 cm³/mol. The zero-order chi connectivity index (χ0) is 33.8. The van der Waals surface area contributed by atoms with Crippen LogP contribution in [-0.2, 0) is 4.79 Å². The molecule has 0 aromatic carbocycles. The van der Waals surface area contributed by atoms with E-state index in [1.54, 1.807) is 0 Å². The fourth-order valence-corrected chi connectivity index (χ4v) is 6.39. The van der Waals surface area contributed by atoms with Crippen molar-refractivity contribution in [1.29, 1.82) is 0 Å². The Hall–Kier alpha value is -0.910. The number of hydrogen-bond acceptors (Lipinski definition) is 4. The second kappa shape index (κ2) is 36.9. The van der Waals surface area contributed by atoms with Gasteiger partial charge in [0.1, 0.15) is 6.10 Å². The van der Waals surface area contributed by atoms with E-state index >= 15 is 0 Å². The molecule has 1 amide bonds. The quantitative estimate of drug-likeness (QED) is 0.0397. The first-order chi connectivity index (χ1) is 22.6. The maximum Gasteiger partial charge on any atom is 0.220 e. The van der Waals surface area contributed by atoms with E-state index in [9.17, 15) is 20.1 Å². The van der Waals surface area contributed by atoms with E-state index in [0.717, 1.165) is 38.5 Å². The summed E-state index contributed by atoms with van der Waals surface area (Å²) in [7, 11) is 0. The lowest BCUT2D eigenvalue weighted by Gasteiger charge is -2.26. The van der Waals surface area contributed by atoms with Crippen LogP contribution in [0.2, 0.25) is 0 Å². The van der Waals surface area contributed by atoms with Crippen molar-refractivity contribution < 1.29 is 20.1 Å². The van der Waals surface area contributed by atoms with E-state index in [0.29, 0.717) is 12.8 Å². The Bertz CT molecular complexity index is 640. The first-order valence-corrected chi connectivity index (χ1v) is 20.5. The van der Waals surface area contributed by atoms with Crippen LogP contribution in [0.25, 0.3) is 0 Å². The number of rotatable bonds is 37. The lowest BCUT2D eigenvalue weighted by molar-refractivity contribution is -0.124. The summed E-state index contributed by atoms with van der Waals surface area (Å²) in [6.45, 7) is 4.17. The lowest BCUT2D eigenvalue weighted by Crippen LogP contribution is -2.50. The Morgan fingerprint density at radius 1 is 0.522 bits per heavy atom. The van der Waals surface area contributed by atoms with Gasteiger partial charge < -0.3 is 20.6 Å². The van der Waals surface area contributed by atoms with Crippen LogP contribution in [-0.4, -0.2) is 46.1 Å². The minimum atomic E-state index is -1.13. The molecule has 0 spiro atoms. The van der Waals surface area contributed by atoms with Gasteiger partial charge in [0, 0.05) is 6.42 Å². The molecular formula is C41H81NO4. The molecule has 274 valence electrons. The van der Waals surface area contributed by atoms with E-state index in [-0.39, 0.29) is 12.5 Å². The summed E-state index contributed by atoms with van der Waals surface area (Å²) < 4.78 is 0. The fourth-order valence-electron chi connectivity index (χ4n) is 6.39. The molecule has 0 rings (SSSR count). The summed E-state index contributed by atoms with van der Waals surface area (Å²) in [6, 6.07) is -0.807. The van der Waals surface area contributed by atoms with Gasteiger partial charge in [0.25, 0.3) is 0 Å². The van der Waals surface area contributed by atoms with Crippen molar-refractivity contribution in [3.05, 3.63) is 12.2 Å². The number of carbonyl (C=O) groups is 1. The molecule has 3 atom stereocenters. The Balaban J connectivity index is 3.64. The Morgan fingerprint density at radius 2 is 0.870 bits per heavy atom. The lowest BCUT2D eigenvalue weighted by atomic mass is 9.99. The zero-order valence-corrected chi connectivity index (χ0v) is 31.0. The van der Waals surface area contributed by atoms with Crippen molar-refractivity contribution in [1.82, 2.24) is 5.32 Å². The third kappa shape index (κ3) is 31.7. The number of allylic oxidation sites excluding steroid dienone is 2. The van der Waals surface area contributed by atoms with Gasteiger partial charge in [-0.05, 0) is 38.5 Å². The summed E-state index contributed by atoms with van der Waals surface area (Å²) in [6.07, 6.45) is 41.6. The van der Waals surface area contributed by atoms with Crippen LogP contribution in [0.3, 0.4) is 0 Å². The predicted octanol–water partition coefficient (Wildman–Crippen LogP) is 11.3. The van der Waals surface area contributed by atoms with Gasteiger partial charge in [-0.25, -0.2) is 0 Å². The first kappa shape index (κ1) is 45.1. The maximum absolute atomic E-state index is 12.4. The molecule has 0 heterocycles. The average molecular weight is 652 g/mol. The summed E-state index contributed by atoms with van der Waals surface area (Å²) in [5.41, 5.74) is 0. The summed E-state index contributed by atoms with van der Waals surface area (Å²) >= 11 is 0. The van der Waals surface area contributed by atoms with Crippen molar-refractivity contribution in [3.8, 4) is 0 Å². The largest absolute Gasteiger partial charge is 0.394 e. The summed E-state index contributed by atoms with van der Waals surface area (Å²) in [5.74, 6) is -0.149. The maximum atomic E-state index is 12.4. The van der Waals surface area contributed by atoms with Crippen LogP contribution in [0, 0.1) is 0 Å². The van der Waals surface area contributed by atoms with Crippen LogP contribution < -0.4 is 5.32 Å². The summed E-state index contributed by atoms with van der Waals surface area (Å²) in [4.78, 5) is 12.4. The third-order valence-electron chi connectivity index (χ3n) is 9.62. The molecule has 0 aliphatic carbocycles. The van der Waals surface area contributed by atoms with Gasteiger partial charge >= 0.3 is 0 Å². The van der Waals surface area contributed by atoms with Crippen LogP contribution in [0.1, 0.15) is 219 Å². The first-order valence-electron chi connectivity index (χ1n) is 20.5. The highest BCUT2D eigenvalue weighted by molar-refractivity contribution is 5.76. The van der Waals surface area contributed by atoms with E-state index in [1.807, 2.05) is 0 Å². The van der Waals surface area contributed by atoms with Crippen molar-refractivity contribution in [2.45, 2.75) is 238 Å². The number of aliphatic hydroxyl groups excluding tert-OH is 3. The van der Waals surface area contributed by atoms with Crippen LogP contribution in [0.15, 0.2) is 12.2 Å². The standard InChI is InChI=1S/C41H81NO4/c1-3-5-7-9-11-13-15-17-19-20-22-23-25-27-29-31-33-35-39(44)41(46)38(37-43)42-40(45)36-34-32-30-28-26-24-21-18-16-14-12-10-8-6-4-2/h14,16,38-39,41,43-44,46H,3-13,15,17-37H2,1-2H3,(H,42,45)/b16-14-. The summed E-state index contributed by atoms with van der Waals surface area (Å²) in [5, 5.41) is 33.5. The molecule has 3 unspecified atom stereocenters. The van der Waals surface area contributed by atoms with Gasteiger partial charge in [-0.1, -0.05) is 187 Å². The molecule has 0 saturated heterocycles. The number of amides is 1. The van der Waals surface area contributed by atoms with E-state index in [1.165, 1.54) is 154 Å². The van der Waals surface area contributed by atoms with Gasteiger partial charge in [0.05, 0.1) is 18.8 Å². The van der Waals surface area contributed by atoms with Gasteiger partial charge in [-0.2, -0.15) is 0 Å². The third-order valence-corrected chi connectivity index (χ3v) is 9.62. The fraction of sp³-hybridized carbons (Fsp3) is 0.927. The number of unbranched alkanes of at least 4 members (excludes halogenated alkanes) is 27. The molecule has 0 aliphatic rings. The minimum absolute atomic E-state index is 0.149. The van der Waals surface area contributed by atoms with Gasteiger partial charge in [-0.3, -0.25) is 4.79 Å². The number of nitrogens with one attached hydrogen (secondary N) is 1. The topological polar surface area (TPSA) is 89.8 Å². The van der Waals surface area contributed by atoms with Crippen molar-refractivity contribution in [2.24, 2.45) is 0 Å². The van der Waals surface area contributed by atoms with Gasteiger partial charge in [0.2, 0.25) is 5.91 Å². The molecule has 0 radical (unpaired) electrons. The smallest absolute Gasteiger partial charge is 0.220 e. The highest BCUT2D eigenvalue weighted by Crippen LogP contribution is 2.16. The van der Waals surface area contributed by atoms with Crippen molar-refractivity contribution >= 4 is 5.91 Å². The molecule has 46 heavy (non-hydrogen) atoms. The molecule has 0 aromatic heterocycles. The van der Waals surface area contributed by atoms with Gasteiger partial charge in [0.15, 0.2) is 0 Å².